The fourth-order valence-corrected chi connectivity index (χ4v) is 6.92. The van der Waals surface area contributed by atoms with Crippen LogP contribution in [0.15, 0.2) is 48.8 Å². The molecule has 2 saturated heterocycles. The first-order valence-electron chi connectivity index (χ1n) is 13.5. The second kappa shape index (κ2) is 9.63. The average molecular weight is 473 g/mol. The van der Waals surface area contributed by atoms with Crippen LogP contribution >= 0.6 is 0 Å². The lowest BCUT2D eigenvalue weighted by Crippen LogP contribution is -2.52. The largest absolute Gasteiger partial charge is 0.369 e. The third-order valence-electron chi connectivity index (χ3n) is 9.08. The molecular formula is C29H36N4O2. The third-order valence-corrected chi connectivity index (χ3v) is 9.08. The molecule has 1 aromatic heterocycles. The first-order valence-corrected chi connectivity index (χ1v) is 13.5. The lowest BCUT2D eigenvalue weighted by atomic mass is 9.85. The van der Waals surface area contributed by atoms with Crippen molar-refractivity contribution in [1.29, 1.82) is 0 Å². The van der Waals surface area contributed by atoms with E-state index in [0.29, 0.717) is 17.7 Å². The van der Waals surface area contributed by atoms with Crippen LogP contribution in [0.4, 0.5) is 11.4 Å². The SMILES string of the molecule is O=C(Nc1ccc(C2CCN(C(=O)CC3C[C@@H]4CCC3C4)CC2)cc1)C1CN(c2cccnc2)C1. The first kappa shape index (κ1) is 22.6. The molecule has 6 heteroatoms. The van der Waals surface area contributed by atoms with Gasteiger partial charge in [0.2, 0.25) is 11.8 Å². The summed E-state index contributed by atoms with van der Waals surface area (Å²) >= 11 is 0. The van der Waals surface area contributed by atoms with Gasteiger partial charge in [0.05, 0.1) is 17.8 Å². The van der Waals surface area contributed by atoms with E-state index < -0.39 is 0 Å². The number of carbonyl (C=O) groups is 2. The van der Waals surface area contributed by atoms with Gasteiger partial charge in [0, 0.05) is 44.5 Å². The third kappa shape index (κ3) is 4.80. The molecule has 35 heavy (non-hydrogen) atoms. The molecule has 2 aliphatic carbocycles. The van der Waals surface area contributed by atoms with Crippen molar-refractivity contribution >= 4 is 23.2 Å². The number of rotatable bonds is 6. The normalized spacial score (nSPS) is 26.6. The highest BCUT2D eigenvalue weighted by Gasteiger charge is 2.41. The van der Waals surface area contributed by atoms with Crippen molar-refractivity contribution in [3.05, 3.63) is 54.4 Å². The van der Waals surface area contributed by atoms with Crippen molar-refractivity contribution < 1.29 is 9.59 Å². The van der Waals surface area contributed by atoms with Gasteiger partial charge < -0.3 is 15.1 Å². The molecule has 4 aliphatic rings. The zero-order valence-corrected chi connectivity index (χ0v) is 20.4. The van der Waals surface area contributed by atoms with E-state index >= 15 is 0 Å². The Hall–Kier alpha value is -2.89. The van der Waals surface area contributed by atoms with Crippen LogP contribution in [0.3, 0.4) is 0 Å². The minimum atomic E-state index is 0.0103. The fraction of sp³-hybridized carbons (Fsp3) is 0.552. The number of pyridine rings is 1. The molecule has 3 atom stereocenters. The molecule has 6 nitrogen and oxygen atoms in total. The van der Waals surface area contributed by atoms with Crippen LogP contribution in [-0.2, 0) is 9.59 Å². The summed E-state index contributed by atoms with van der Waals surface area (Å²) in [7, 11) is 0. The van der Waals surface area contributed by atoms with Crippen molar-refractivity contribution in [2.24, 2.45) is 23.7 Å². The van der Waals surface area contributed by atoms with Crippen molar-refractivity contribution in [3.63, 3.8) is 0 Å². The summed E-state index contributed by atoms with van der Waals surface area (Å²) in [6.07, 6.45) is 11.9. The van der Waals surface area contributed by atoms with E-state index in [4.69, 9.17) is 0 Å². The summed E-state index contributed by atoms with van der Waals surface area (Å²) in [4.78, 5) is 34.0. The van der Waals surface area contributed by atoms with Crippen molar-refractivity contribution in [3.8, 4) is 0 Å². The van der Waals surface area contributed by atoms with Crippen LogP contribution in [0.5, 0.6) is 0 Å². The molecule has 2 aliphatic heterocycles. The highest BCUT2D eigenvalue weighted by Crippen LogP contribution is 2.49. The van der Waals surface area contributed by atoms with Gasteiger partial charge in [0.15, 0.2) is 0 Å². The Kier molecular flexibility index (Phi) is 6.21. The topological polar surface area (TPSA) is 65.5 Å². The maximum Gasteiger partial charge on any atom is 0.231 e. The molecule has 2 amide bonds. The van der Waals surface area contributed by atoms with Gasteiger partial charge in [0.25, 0.3) is 0 Å². The molecule has 0 spiro atoms. The number of carbonyl (C=O) groups excluding carboxylic acids is 2. The van der Waals surface area contributed by atoms with Gasteiger partial charge in [-0.05, 0) is 85.6 Å². The van der Waals surface area contributed by atoms with Gasteiger partial charge in [-0.25, -0.2) is 0 Å². The van der Waals surface area contributed by atoms with Crippen molar-refractivity contribution in [1.82, 2.24) is 9.88 Å². The molecule has 2 unspecified atom stereocenters. The van der Waals surface area contributed by atoms with Crippen LogP contribution in [0, 0.1) is 23.7 Å². The number of likely N-dealkylation sites (tertiary alicyclic amines) is 1. The van der Waals surface area contributed by atoms with E-state index in [0.717, 1.165) is 68.7 Å². The molecule has 1 N–H and O–H groups in total. The number of benzene rings is 1. The number of anilines is 2. The number of nitrogens with zero attached hydrogens (tertiary/aromatic N) is 3. The average Bonchev–Trinajstić information content (AvgIpc) is 3.48. The predicted molar refractivity (Wildman–Crippen MR) is 137 cm³/mol. The molecule has 4 fully saturated rings. The maximum atomic E-state index is 12.9. The number of aromatic nitrogens is 1. The van der Waals surface area contributed by atoms with Crippen molar-refractivity contribution in [2.75, 3.05) is 36.4 Å². The van der Waals surface area contributed by atoms with E-state index in [1.807, 2.05) is 30.5 Å². The number of amides is 2. The van der Waals surface area contributed by atoms with Crippen LogP contribution in [-0.4, -0.2) is 47.9 Å². The number of piperidine rings is 1. The Bertz CT molecular complexity index is 1040. The lowest BCUT2D eigenvalue weighted by Gasteiger charge is -2.39. The summed E-state index contributed by atoms with van der Waals surface area (Å²) in [6, 6.07) is 12.3. The van der Waals surface area contributed by atoms with Crippen LogP contribution in [0.1, 0.15) is 56.4 Å². The van der Waals surface area contributed by atoms with E-state index in [1.165, 1.54) is 31.2 Å². The summed E-state index contributed by atoms with van der Waals surface area (Å²) in [5.74, 6) is 3.36. The minimum absolute atomic E-state index is 0.0103. The second-order valence-electron chi connectivity index (χ2n) is 11.2. The van der Waals surface area contributed by atoms with E-state index in [-0.39, 0.29) is 11.8 Å². The van der Waals surface area contributed by atoms with Gasteiger partial charge in [-0.15, -0.1) is 0 Å². The lowest BCUT2D eigenvalue weighted by molar-refractivity contribution is -0.133. The molecule has 2 bridgehead atoms. The van der Waals surface area contributed by atoms with Crippen molar-refractivity contribution in [2.45, 2.75) is 50.9 Å². The predicted octanol–water partition coefficient (Wildman–Crippen LogP) is 4.69. The molecule has 2 aromatic rings. The van der Waals surface area contributed by atoms with E-state index in [9.17, 15) is 9.59 Å². The maximum absolute atomic E-state index is 12.9. The zero-order chi connectivity index (χ0) is 23.8. The summed E-state index contributed by atoms with van der Waals surface area (Å²) in [6.45, 7) is 3.21. The van der Waals surface area contributed by atoms with Gasteiger partial charge in [-0.2, -0.15) is 0 Å². The molecule has 184 valence electrons. The standard InChI is InChI=1S/C29H36N4O2/c34-28(16-24-15-20-3-4-23(24)14-20)32-12-9-22(10-13-32)21-5-7-26(8-6-21)31-29(35)25-18-33(19-25)27-2-1-11-30-17-27/h1-2,5-8,11,17,20,22-25H,3-4,9-10,12-16,18-19H2,(H,31,35)/t20-,23?,24?/m1/s1. The zero-order valence-electron chi connectivity index (χ0n) is 20.4. The molecule has 2 saturated carbocycles. The summed E-state index contributed by atoms with van der Waals surface area (Å²) < 4.78 is 0. The Morgan fingerprint density at radius 2 is 1.77 bits per heavy atom. The van der Waals surface area contributed by atoms with E-state index in [1.54, 1.807) is 6.20 Å². The Morgan fingerprint density at radius 3 is 2.43 bits per heavy atom. The molecule has 3 heterocycles. The number of fused-ring (bicyclic) bond motifs is 2. The Labute approximate surface area is 208 Å². The number of hydrogen-bond donors (Lipinski definition) is 1. The molecule has 6 rings (SSSR count). The number of hydrogen-bond acceptors (Lipinski definition) is 4. The summed E-state index contributed by atoms with van der Waals surface area (Å²) in [5, 5.41) is 3.08. The van der Waals surface area contributed by atoms with E-state index in [2.05, 4.69) is 32.2 Å². The van der Waals surface area contributed by atoms with Gasteiger partial charge in [-0.1, -0.05) is 18.6 Å². The highest BCUT2D eigenvalue weighted by molar-refractivity contribution is 5.94. The van der Waals surface area contributed by atoms with Gasteiger partial charge in [-0.3, -0.25) is 14.6 Å². The first-order chi connectivity index (χ1) is 17.1. The van der Waals surface area contributed by atoms with Crippen LogP contribution in [0.25, 0.3) is 0 Å². The fourth-order valence-electron chi connectivity index (χ4n) is 6.92. The second-order valence-corrected chi connectivity index (χ2v) is 11.2. The number of nitrogens with one attached hydrogen (secondary N) is 1. The quantitative estimate of drug-likeness (QED) is 0.663. The van der Waals surface area contributed by atoms with Crippen LogP contribution in [0.2, 0.25) is 0 Å². The van der Waals surface area contributed by atoms with Gasteiger partial charge in [0.1, 0.15) is 0 Å². The van der Waals surface area contributed by atoms with Gasteiger partial charge >= 0.3 is 0 Å². The highest BCUT2D eigenvalue weighted by atomic mass is 16.2. The molecule has 0 radical (unpaired) electrons. The minimum Gasteiger partial charge on any atom is -0.369 e. The molecule has 1 aromatic carbocycles. The Balaban J connectivity index is 0.950. The molecular weight excluding hydrogens is 436 g/mol. The Morgan fingerprint density at radius 1 is 0.971 bits per heavy atom. The summed E-state index contributed by atoms with van der Waals surface area (Å²) in [5.41, 5.74) is 3.24. The monoisotopic (exact) mass is 472 g/mol. The smallest absolute Gasteiger partial charge is 0.231 e. The van der Waals surface area contributed by atoms with Crippen LogP contribution < -0.4 is 10.2 Å².